The van der Waals surface area contributed by atoms with Crippen LogP contribution in [0.4, 0.5) is 0 Å². The molecule has 5 rings (SSSR count). The van der Waals surface area contributed by atoms with Crippen LogP contribution in [0.2, 0.25) is 5.02 Å². The SMILES string of the molecule is CC1(C)Cc2cc(Cl)cc(OCC(O)CN3CCC(n4c(=O)[nH]c5ccccc54)CC3)c2O1. The van der Waals surface area contributed by atoms with Gasteiger partial charge in [0.25, 0.3) is 0 Å². The fraction of sp³-hybridized carbons (Fsp3) is 0.480. The molecule has 0 radical (unpaired) electrons. The smallest absolute Gasteiger partial charge is 0.326 e. The second-order valence-electron chi connectivity index (χ2n) is 9.74. The van der Waals surface area contributed by atoms with E-state index < -0.39 is 6.10 Å². The molecule has 3 aromatic rings. The molecule has 0 spiro atoms. The van der Waals surface area contributed by atoms with E-state index in [9.17, 15) is 9.90 Å². The first-order valence-corrected chi connectivity index (χ1v) is 11.9. The number of para-hydroxylation sites is 2. The molecule has 3 heterocycles. The summed E-state index contributed by atoms with van der Waals surface area (Å²) in [6, 6.07) is 11.6. The molecule has 1 saturated heterocycles. The number of halogens is 1. The normalized spacial score (nSPS) is 19.4. The maximum Gasteiger partial charge on any atom is 0.326 e. The van der Waals surface area contributed by atoms with Crippen LogP contribution < -0.4 is 15.2 Å². The number of piperidine rings is 1. The minimum absolute atomic E-state index is 0.0532. The van der Waals surface area contributed by atoms with Gasteiger partial charge in [-0.15, -0.1) is 0 Å². The van der Waals surface area contributed by atoms with Crippen LogP contribution >= 0.6 is 11.6 Å². The van der Waals surface area contributed by atoms with Crippen molar-refractivity contribution in [2.75, 3.05) is 26.2 Å². The summed E-state index contributed by atoms with van der Waals surface area (Å²) in [6.45, 7) is 6.39. The summed E-state index contributed by atoms with van der Waals surface area (Å²) < 4.78 is 13.9. The highest BCUT2D eigenvalue weighted by Gasteiger charge is 2.33. The lowest BCUT2D eigenvalue weighted by molar-refractivity contribution is 0.0536. The van der Waals surface area contributed by atoms with Gasteiger partial charge in [-0.1, -0.05) is 23.7 Å². The number of imidazole rings is 1. The van der Waals surface area contributed by atoms with Gasteiger partial charge in [0, 0.05) is 48.7 Å². The molecule has 2 aromatic carbocycles. The van der Waals surface area contributed by atoms with E-state index in [2.05, 4.69) is 9.88 Å². The third-order valence-corrected chi connectivity index (χ3v) is 6.76. The Labute approximate surface area is 197 Å². The van der Waals surface area contributed by atoms with Crippen LogP contribution in [-0.4, -0.2) is 57.5 Å². The highest BCUT2D eigenvalue weighted by molar-refractivity contribution is 6.30. The molecule has 2 aliphatic rings. The van der Waals surface area contributed by atoms with E-state index >= 15 is 0 Å². The van der Waals surface area contributed by atoms with Gasteiger partial charge in [0.2, 0.25) is 0 Å². The van der Waals surface area contributed by atoms with Crippen LogP contribution in [0.3, 0.4) is 0 Å². The molecule has 0 aliphatic carbocycles. The number of fused-ring (bicyclic) bond motifs is 2. The predicted molar refractivity (Wildman–Crippen MR) is 129 cm³/mol. The Morgan fingerprint density at radius 1 is 1.27 bits per heavy atom. The van der Waals surface area contributed by atoms with E-state index in [4.69, 9.17) is 21.1 Å². The Morgan fingerprint density at radius 2 is 2.03 bits per heavy atom. The molecule has 1 unspecified atom stereocenters. The summed E-state index contributed by atoms with van der Waals surface area (Å²) >= 11 is 6.26. The van der Waals surface area contributed by atoms with Gasteiger partial charge in [-0.2, -0.15) is 0 Å². The van der Waals surface area contributed by atoms with E-state index in [-0.39, 0.29) is 23.9 Å². The molecule has 0 saturated carbocycles. The average molecular weight is 472 g/mol. The van der Waals surface area contributed by atoms with Gasteiger partial charge >= 0.3 is 5.69 Å². The van der Waals surface area contributed by atoms with Gasteiger partial charge in [0.05, 0.1) is 11.0 Å². The third-order valence-electron chi connectivity index (χ3n) is 6.54. The lowest BCUT2D eigenvalue weighted by atomic mass is 10.0. The van der Waals surface area contributed by atoms with Gasteiger partial charge in [-0.25, -0.2) is 4.79 Å². The Kier molecular flexibility index (Phi) is 5.89. The molecule has 2 N–H and O–H groups in total. The molecule has 1 atom stereocenters. The lowest BCUT2D eigenvalue weighted by Gasteiger charge is -2.33. The fourth-order valence-electron chi connectivity index (χ4n) is 5.08. The molecule has 0 bridgehead atoms. The second-order valence-corrected chi connectivity index (χ2v) is 10.2. The third kappa shape index (κ3) is 4.63. The van der Waals surface area contributed by atoms with E-state index in [1.54, 1.807) is 6.07 Å². The minimum Gasteiger partial charge on any atom is -0.487 e. The number of benzene rings is 2. The Bertz CT molecular complexity index is 1210. The van der Waals surface area contributed by atoms with Crippen molar-refractivity contribution < 1.29 is 14.6 Å². The predicted octanol–water partition coefficient (Wildman–Crippen LogP) is 3.77. The fourth-order valence-corrected chi connectivity index (χ4v) is 5.31. The molecule has 0 amide bonds. The number of aliphatic hydroxyl groups is 1. The van der Waals surface area contributed by atoms with Crippen molar-refractivity contribution in [1.29, 1.82) is 0 Å². The summed E-state index contributed by atoms with van der Waals surface area (Å²) in [6.07, 6.45) is 1.86. The maximum absolute atomic E-state index is 12.5. The first-order valence-electron chi connectivity index (χ1n) is 11.5. The van der Waals surface area contributed by atoms with Crippen molar-refractivity contribution in [3.8, 4) is 11.5 Å². The number of nitrogens with one attached hydrogen (secondary N) is 1. The molecule has 1 fully saturated rings. The summed E-state index contributed by atoms with van der Waals surface area (Å²) in [5.41, 5.74) is 2.52. The second kappa shape index (κ2) is 8.70. The molecule has 2 aliphatic heterocycles. The van der Waals surface area contributed by atoms with E-state index in [1.165, 1.54) is 0 Å². The zero-order valence-electron chi connectivity index (χ0n) is 19.0. The number of hydrogen-bond acceptors (Lipinski definition) is 5. The number of likely N-dealkylation sites (tertiary alicyclic amines) is 1. The highest BCUT2D eigenvalue weighted by Crippen LogP contribution is 2.43. The van der Waals surface area contributed by atoms with E-state index in [0.717, 1.165) is 54.7 Å². The monoisotopic (exact) mass is 471 g/mol. The minimum atomic E-state index is -0.638. The summed E-state index contributed by atoms with van der Waals surface area (Å²) in [7, 11) is 0. The number of nitrogens with zero attached hydrogens (tertiary/aromatic N) is 2. The molecular weight excluding hydrogens is 442 g/mol. The number of rotatable bonds is 6. The number of H-pyrrole nitrogens is 1. The van der Waals surface area contributed by atoms with Crippen molar-refractivity contribution in [1.82, 2.24) is 14.5 Å². The van der Waals surface area contributed by atoms with Crippen molar-refractivity contribution in [2.45, 2.75) is 50.9 Å². The van der Waals surface area contributed by atoms with E-state index in [1.807, 2.05) is 48.7 Å². The Hall–Kier alpha value is -2.48. The van der Waals surface area contributed by atoms with Crippen molar-refractivity contribution >= 4 is 22.6 Å². The number of aromatic nitrogens is 2. The largest absolute Gasteiger partial charge is 0.487 e. The molecule has 33 heavy (non-hydrogen) atoms. The van der Waals surface area contributed by atoms with Gasteiger partial charge in [0.15, 0.2) is 11.5 Å². The van der Waals surface area contributed by atoms with Crippen molar-refractivity contribution in [3.05, 3.63) is 57.5 Å². The van der Waals surface area contributed by atoms with E-state index in [0.29, 0.717) is 17.3 Å². The van der Waals surface area contributed by atoms with Gasteiger partial charge < -0.3 is 24.5 Å². The summed E-state index contributed by atoms with van der Waals surface area (Å²) in [5, 5.41) is 11.2. The number of hydrogen-bond donors (Lipinski definition) is 2. The Morgan fingerprint density at radius 3 is 2.82 bits per heavy atom. The van der Waals surface area contributed by atoms with Crippen LogP contribution in [0, 0.1) is 0 Å². The molecule has 7 nitrogen and oxygen atoms in total. The molecular formula is C25H30ClN3O4. The van der Waals surface area contributed by atoms with Crippen LogP contribution in [0.1, 0.15) is 38.3 Å². The van der Waals surface area contributed by atoms with Crippen LogP contribution in [0.15, 0.2) is 41.2 Å². The maximum atomic E-state index is 12.5. The molecule has 8 heteroatoms. The first-order chi connectivity index (χ1) is 15.8. The van der Waals surface area contributed by atoms with Crippen molar-refractivity contribution in [2.24, 2.45) is 0 Å². The zero-order valence-corrected chi connectivity index (χ0v) is 19.8. The number of aliphatic hydroxyl groups excluding tert-OH is 1. The summed E-state index contributed by atoms with van der Waals surface area (Å²) in [4.78, 5) is 17.7. The average Bonchev–Trinajstić information content (AvgIpc) is 3.26. The molecule has 176 valence electrons. The van der Waals surface area contributed by atoms with Crippen LogP contribution in [0.5, 0.6) is 11.5 Å². The standard InChI is InChI=1S/C25H30ClN3O4/c1-25(2)13-16-11-17(26)12-22(23(16)33-25)32-15-19(30)14-28-9-7-18(8-10-28)29-21-6-4-3-5-20(21)27-24(29)31/h3-6,11-12,18-19,30H,7-10,13-15H2,1-2H3,(H,27,31). The summed E-state index contributed by atoms with van der Waals surface area (Å²) in [5.74, 6) is 1.31. The van der Waals surface area contributed by atoms with Crippen LogP contribution in [-0.2, 0) is 6.42 Å². The Balaban J connectivity index is 1.16. The highest BCUT2D eigenvalue weighted by atomic mass is 35.5. The number of aromatic amines is 1. The van der Waals surface area contributed by atoms with Crippen LogP contribution in [0.25, 0.3) is 11.0 Å². The van der Waals surface area contributed by atoms with Crippen molar-refractivity contribution in [3.63, 3.8) is 0 Å². The lowest BCUT2D eigenvalue weighted by Crippen LogP contribution is -2.42. The number of β-amino-alcohol motifs (C(OH)–C–C–N with tert-alkyl or cyclic N) is 1. The van der Waals surface area contributed by atoms with Gasteiger partial charge in [-0.05, 0) is 44.9 Å². The zero-order chi connectivity index (χ0) is 23.2. The van der Waals surface area contributed by atoms with Gasteiger partial charge in [-0.3, -0.25) is 4.57 Å². The van der Waals surface area contributed by atoms with Gasteiger partial charge in [0.1, 0.15) is 18.3 Å². The number of ether oxygens (including phenoxy) is 2. The first kappa shape index (κ1) is 22.3. The molecule has 1 aromatic heterocycles. The topological polar surface area (TPSA) is 79.7 Å². The quantitative estimate of drug-likeness (QED) is 0.572.